The summed E-state index contributed by atoms with van der Waals surface area (Å²) in [6.07, 6.45) is -0.584. The Balaban J connectivity index is 2.09. The van der Waals surface area contributed by atoms with Crippen LogP contribution >= 0.6 is 11.6 Å². The molecule has 0 spiro atoms. The molecular weight excluding hydrogens is 284 g/mol. The van der Waals surface area contributed by atoms with Gasteiger partial charge >= 0.3 is 0 Å². The van der Waals surface area contributed by atoms with Crippen molar-refractivity contribution < 1.29 is 9.84 Å². The van der Waals surface area contributed by atoms with E-state index in [9.17, 15) is 5.11 Å². The molecule has 3 rings (SSSR count). The Kier molecular flexibility index (Phi) is 3.82. The van der Waals surface area contributed by atoms with Crippen LogP contribution in [0.4, 0.5) is 0 Å². The molecule has 0 aliphatic carbocycles. The molecular formula is C18H15ClO2. The van der Waals surface area contributed by atoms with Crippen molar-refractivity contribution in [2.45, 2.75) is 13.0 Å². The van der Waals surface area contributed by atoms with E-state index in [0.717, 1.165) is 22.1 Å². The lowest BCUT2D eigenvalue weighted by molar-refractivity contribution is 0.195. The normalized spacial score (nSPS) is 12.3. The van der Waals surface area contributed by atoms with E-state index >= 15 is 0 Å². The van der Waals surface area contributed by atoms with E-state index in [2.05, 4.69) is 0 Å². The van der Waals surface area contributed by atoms with Crippen LogP contribution in [0.3, 0.4) is 0 Å². The third kappa shape index (κ3) is 2.73. The predicted molar refractivity (Wildman–Crippen MR) is 86.1 cm³/mol. The molecule has 1 atom stereocenters. The van der Waals surface area contributed by atoms with Crippen LogP contribution in [0.15, 0.2) is 60.7 Å². The number of fused-ring (bicyclic) bond motifs is 1. The lowest BCUT2D eigenvalue weighted by Crippen LogP contribution is -1.96. The quantitative estimate of drug-likeness (QED) is 0.707. The second-order valence-corrected chi connectivity index (χ2v) is 5.31. The van der Waals surface area contributed by atoms with Crippen LogP contribution in [0.1, 0.15) is 18.6 Å². The Labute approximate surface area is 128 Å². The van der Waals surface area contributed by atoms with E-state index in [4.69, 9.17) is 16.3 Å². The van der Waals surface area contributed by atoms with Crippen molar-refractivity contribution in [2.75, 3.05) is 0 Å². The highest BCUT2D eigenvalue weighted by Gasteiger charge is 2.11. The lowest BCUT2D eigenvalue weighted by atomic mass is 10.1. The summed E-state index contributed by atoms with van der Waals surface area (Å²) >= 11 is 6.22. The second-order valence-electron chi connectivity index (χ2n) is 4.91. The molecule has 0 bridgehead atoms. The van der Waals surface area contributed by atoms with Gasteiger partial charge in [-0.15, -0.1) is 0 Å². The summed E-state index contributed by atoms with van der Waals surface area (Å²) in [6, 6.07) is 19.0. The van der Waals surface area contributed by atoms with Gasteiger partial charge in [0.1, 0.15) is 11.5 Å². The van der Waals surface area contributed by atoms with Crippen LogP contribution in [-0.4, -0.2) is 5.11 Å². The van der Waals surface area contributed by atoms with E-state index < -0.39 is 6.10 Å². The number of hydrogen-bond donors (Lipinski definition) is 1. The Morgan fingerprint density at radius 1 is 0.857 bits per heavy atom. The second kappa shape index (κ2) is 5.76. The fourth-order valence-corrected chi connectivity index (χ4v) is 2.59. The van der Waals surface area contributed by atoms with E-state index in [1.165, 1.54) is 0 Å². The van der Waals surface area contributed by atoms with Gasteiger partial charge in [0.05, 0.1) is 6.10 Å². The molecule has 2 nitrogen and oxygen atoms in total. The summed E-state index contributed by atoms with van der Waals surface area (Å²) in [5.74, 6) is 1.38. The minimum Gasteiger partial charge on any atom is -0.456 e. The zero-order valence-corrected chi connectivity index (χ0v) is 12.3. The summed E-state index contributed by atoms with van der Waals surface area (Å²) in [6.45, 7) is 1.72. The fourth-order valence-electron chi connectivity index (χ4n) is 2.36. The van der Waals surface area contributed by atoms with E-state index in [1.807, 2.05) is 60.7 Å². The van der Waals surface area contributed by atoms with Crippen molar-refractivity contribution >= 4 is 22.4 Å². The highest BCUT2D eigenvalue weighted by Crippen LogP contribution is 2.36. The van der Waals surface area contributed by atoms with E-state index in [-0.39, 0.29) is 0 Å². The van der Waals surface area contributed by atoms with Gasteiger partial charge < -0.3 is 9.84 Å². The number of aliphatic hydroxyl groups excluding tert-OH is 1. The number of aliphatic hydroxyl groups is 1. The third-order valence-corrected chi connectivity index (χ3v) is 3.75. The van der Waals surface area contributed by atoms with Crippen molar-refractivity contribution in [1.82, 2.24) is 0 Å². The maximum Gasteiger partial charge on any atom is 0.135 e. The van der Waals surface area contributed by atoms with Crippen molar-refractivity contribution in [1.29, 1.82) is 0 Å². The maximum absolute atomic E-state index is 9.84. The highest BCUT2D eigenvalue weighted by atomic mass is 35.5. The van der Waals surface area contributed by atoms with Gasteiger partial charge in [-0.25, -0.2) is 0 Å². The molecule has 0 saturated heterocycles. The molecule has 1 N–H and O–H groups in total. The average Bonchev–Trinajstić information content (AvgIpc) is 2.51. The number of rotatable bonds is 3. The molecule has 106 valence electrons. The Morgan fingerprint density at radius 3 is 2.29 bits per heavy atom. The zero-order valence-electron chi connectivity index (χ0n) is 11.6. The average molecular weight is 299 g/mol. The largest absolute Gasteiger partial charge is 0.456 e. The number of ether oxygens (including phenoxy) is 1. The minimum atomic E-state index is -0.584. The molecule has 0 fully saturated rings. The first kappa shape index (κ1) is 13.9. The van der Waals surface area contributed by atoms with Gasteiger partial charge in [0.2, 0.25) is 0 Å². The summed E-state index contributed by atoms with van der Waals surface area (Å²) in [7, 11) is 0. The Bertz CT molecular complexity index is 781. The summed E-state index contributed by atoms with van der Waals surface area (Å²) < 4.78 is 6.02. The van der Waals surface area contributed by atoms with Crippen LogP contribution in [0.25, 0.3) is 10.8 Å². The van der Waals surface area contributed by atoms with Crippen LogP contribution in [-0.2, 0) is 0 Å². The van der Waals surface area contributed by atoms with Gasteiger partial charge in [-0.05, 0) is 25.1 Å². The zero-order chi connectivity index (χ0) is 14.8. The van der Waals surface area contributed by atoms with Gasteiger partial charge in [0.25, 0.3) is 0 Å². The van der Waals surface area contributed by atoms with Crippen molar-refractivity contribution in [2.24, 2.45) is 0 Å². The van der Waals surface area contributed by atoms with Crippen LogP contribution < -0.4 is 4.74 Å². The predicted octanol–water partition coefficient (Wildman–Crippen LogP) is 5.34. The van der Waals surface area contributed by atoms with Gasteiger partial charge in [-0.1, -0.05) is 54.1 Å². The Morgan fingerprint density at radius 2 is 1.52 bits per heavy atom. The molecule has 0 radical (unpaired) electrons. The van der Waals surface area contributed by atoms with Crippen molar-refractivity contribution in [3.05, 3.63) is 71.2 Å². The SMILES string of the molecule is C[C@@H](O)c1ccccc1Oc1ccc(Cl)c2ccccc12. The lowest BCUT2D eigenvalue weighted by Gasteiger charge is -2.14. The molecule has 0 aliphatic rings. The van der Waals surface area contributed by atoms with Gasteiger partial charge in [0.15, 0.2) is 0 Å². The molecule has 0 aromatic heterocycles. The van der Waals surface area contributed by atoms with Gasteiger partial charge in [0, 0.05) is 21.4 Å². The standard InChI is InChI=1S/C18H15ClO2/c1-12(20)13-6-4-5-9-17(13)21-18-11-10-16(19)14-7-2-3-8-15(14)18/h2-12,20H,1H3/t12-/m1/s1. The molecule has 21 heavy (non-hydrogen) atoms. The molecule has 0 saturated carbocycles. The van der Waals surface area contributed by atoms with Crippen molar-refractivity contribution in [3.63, 3.8) is 0 Å². The Hall–Kier alpha value is -2.03. The minimum absolute atomic E-state index is 0.584. The maximum atomic E-state index is 9.84. The molecule has 3 heteroatoms. The third-order valence-electron chi connectivity index (χ3n) is 3.42. The monoisotopic (exact) mass is 298 g/mol. The molecule has 0 aliphatic heterocycles. The van der Waals surface area contributed by atoms with Crippen LogP contribution in [0.5, 0.6) is 11.5 Å². The smallest absolute Gasteiger partial charge is 0.135 e. The summed E-state index contributed by atoms with van der Waals surface area (Å²) in [4.78, 5) is 0. The van der Waals surface area contributed by atoms with Gasteiger partial charge in [-0.3, -0.25) is 0 Å². The van der Waals surface area contributed by atoms with Crippen molar-refractivity contribution in [3.8, 4) is 11.5 Å². The fraction of sp³-hybridized carbons (Fsp3) is 0.111. The number of para-hydroxylation sites is 1. The molecule has 0 heterocycles. The molecule has 0 amide bonds. The first-order valence-electron chi connectivity index (χ1n) is 6.79. The number of benzene rings is 3. The first-order chi connectivity index (χ1) is 10.2. The van der Waals surface area contributed by atoms with E-state index in [1.54, 1.807) is 6.92 Å². The van der Waals surface area contributed by atoms with Gasteiger partial charge in [-0.2, -0.15) is 0 Å². The van der Waals surface area contributed by atoms with Crippen LogP contribution in [0, 0.1) is 0 Å². The molecule has 0 unspecified atom stereocenters. The number of halogens is 1. The summed E-state index contributed by atoms with van der Waals surface area (Å²) in [5, 5.41) is 12.4. The first-order valence-corrected chi connectivity index (χ1v) is 7.16. The molecule has 3 aromatic carbocycles. The number of hydrogen-bond acceptors (Lipinski definition) is 2. The summed E-state index contributed by atoms with van der Waals surface area (Å²) in [5.41, 5.74) is 0.761. The topological polar surface area (TPSA) is 29.5 Å². The molecule has 3 aromatic rings. The van der Waals surface area contributed by atoms with Crippen LogP contribution in [0.2, 0.25) is 5.02 Å². The van der Waals surface area contributed by atoms with E-state index in [0.29, 0.717) is 10.8 Å². The highest BCUT2D eigenvalue weighted by molar-refractivity contribution is 6.35.